The minimum absolute atomic E-state index is 0.000801. The van der Waals surface area contributed by atoms with Gasteiger partial charge in [0.05, 0.1) is 24.7 Å². The summed E-state index contributed by atoms with van der Waals surface area (Å²) in [6.07, 6.45) is 0.852. The second-order valence-electron chi connectivity index (χ2n) is 17.2. The van der Waals surface area contributed by atoms with E-state index in [-0.39, 0.29) is 46.5 Å². The highest BCUT2D eigenvalue weighted by Gasteiger charge is 2.72. The Morgan fingerprint density at radius 1 is 0.822 bits per heavy atom. The Bertz CT molecular complexity index is 1180. The van der Waals surface area contributed by atoms with Gasteiger partial charge in [0.2, 0.25) is 6.29 Å². The van der Waals surface area contributed by atoms with Gasteiger partial charge in [0, 0.05) is 5.41 Å². The standard InChI is InChI=1S/C36H58O9/c1-19(2)20-9-14-36(31(43)45-30-29(42)28(41)27(40)22(17-37)44-30)16-15-34(5)21(26(20)36)7-8-24-32(3)12-11-25(39)33(4,18-38)23(32)10-13-35(24,34)6/h20-30,37-42H,1,7-18H2,2-6H3/t20?,21?,22-,23?,24?,25?,26?,27-,28+,29-,30+,32+,33+,34-,35-,36?/m1/s1. The number of carbonyl (C=O) groups is 1. The van der Waals surface area contributed by atoms with Gasteiger partial charge in [-0.15, -0.1) is 0 Å². The van der Waals surface area contributed by atoms with Crippen LogP contribution in [0.15, 0.2) is 12.2 Å². The Morgan fingerprint density at radius 2 is 1.53 bits per heavy atom. The molecule has 6 N–H and O–H groups in total. The number of rotatable bonds is 5. The van der Waals surface area contributed by atoms with E-state index < -0.39 is 60.2 Å². The summed E-state index contributed by atoms with van der Waals surface area (Å²) in [4.78, 5) is 14.4. The molecule has 0 amide bonds. The monoisotopic (exact) mass is 634 g/mol. The van der Waals surface area contributed by atoms with Gasteiger partial charge in [0.15, 0.2) is 0 Å². The van der Waals surface area contributed by atoms with Crippen molar-refractivity contribution in [3.8, 4) is 0 Å². The summed E-state index contributed by atoms with van der Waals surface area (Å²) in [5, 5.41) is 62.6. The lowest BCUT2D eigenvalue weighted by Crippen LogP contribution is -2.68. The highest BCUT2D eigenvalue weighted by molar-refractivity contribution is 5.78. The highest BCUT2D eigenvalue weighted by atomic mass is 16.7. The van der Waals surface area contributed by atoms with Crippen LogP contribution in [0.5, 0.6) is 0 Å². The van der Waals surface area contributed by atoms with Crippen molar-refractivity contribution < 1.29 is 44.9 Å². The first-order valence-corrected chi connectivity index (χ1v) is 17.5. The van der Waals surface area contributed by atoms with Gasteiger partial charge < -0.3 is 40.1 Å². The lowest BCUT2D eigenvalue weighted by Gasteiger charge is -2.72. The van der Waals surface area contributed by atoms with Crippen LogP contribution in [-0.2, 0) is 14.3 Å². The summed E-state index contributed by atoms with van der Waals surface area (Å²) >= 11 is 0. The third-order valence-electron chi connectivity index (χ3n) is 15.7. The summed E-state index contributed by atoms with van der Waals surface area (Å²) in [5.74, 6) is 0.712. The lowest BCUT2D eigenvalue weighted by atomic mass is 9.32. The molecule has 1 heterocycles. The predicted molar refractivity (Wildman–Crippen MR) is 166 cm³/mol. The van der Waals surface area contributed by atoms with E-state index in [1.54, 1.807) is 0 Å². The zero-order chi connectivity index (χ0) is 32.9. The second-order valence-corrected chi connectivity index (χ2v) is 17.2. The van der Waals surface area contributed by atoms with E-state index in [0.717, 1.165) is 50.5 Å². The molecule has 1 aliphatic heterocycles. The minimum atomic E-state index is -1.63. The number of aliphatic hydroxyl groups is 6. The zero-order valence-electron chi connectivity index (χ0n) is 28.0. The van der Waals surface area contributed by atoms with Gasteiger partial charge in [-0.2, -0.15) is 0 Å². The van der Waals surface area contributed by atoms with Gasteiger partial charge >= 0.3 is 5.97 Å². The number of hydrogen-bond donors (Lipinski definition) is 6. The Hall–Kier alpha value is -1.07. The molecule has 0 bridgehead atoms. The normalized spacial score (nSPS) is 55.9. The number of allylic oxidation sites excluding steroid dienone is 1. The van der Waals surface area contributed by atoms with E-state index in [0.29, 0.717) is 25.2 Å². The third-order valence-corrected chi connectivity index (χ3v) is 15.7. The Morgan fingerprint density at radius 3 is 2.18 bits per heavy atom. The molecule has 256 valence electrons. The van der Waals surface area contributed by atoms with Gasteiger partial charge in [-0.05, 0) is 117 Å². The van der Waals surface area contributed by atoms with E-state index in [1.165, 1.54) is 0 Å². The van der Waals surface area contributed by atoms with E-state index in [9.17, 15) is 35.4 Å². The molecule has 0 aromatic carbocycles. The minimum Gasteiger partial charge on any atom is -0.432 e. The zero-order valence-corrected chi connectivity index (χ0v) is 28.0. The van der Waals surface area contributed by atoms with Crippen molar-refractivity contribution in [3.63, 3.8) is 0 Å². The summed E-state index contributed by atoms with van der Waals surface area (Å²) < 4.78 is 11.5. The van der Waals surface area contributed by atoms with Crippen molar-refractivity contribution >= 4 is 5.97 Å². The van der Waals surface area contributed by atoms with Crippen LogP contribution in [-0.4, -0.2) is 86.6 Å². The van der Waals surface area contributed by atoms with Crippen LogP contribution in [0.2, 0.25) is 0 Å². The maximum atomic E-state index is 14.4. The number of hydrogen-bond acceptors (Lipinski definition) is 9. The number of carbonyl (C=O) groups excluding carboxylic acids is 1. The van der Waals surface area contributed by atoms with Crippen LogP contribution in [0.4, 0.5) is 0 Å². The maximum Gasteiger partial charge on any atom is 0.314 e. The molecule has 45 heavy (non-hydrogen) atoms. The molecule has 16 atom stereocenters. The Labute approximate surface area is 268 Å². The van der Waals surface area contributed by atoms with E-state index in [4.69, 9.17) is 9.47 Å². The van der Waals surface area contributed by atoms with Crippen LogP contribution in [0.25, 0.3) is 0 Å². The smallest absolute Gasteiger partial charge is 0.314 e. The second kappa shape index (κ2) is 11.2. The van der Waals surface area contributed by atoms with Crippen molar-refractivity contribution in [2.75, 3.05) is 13.2 Å². The van der Waals surface area contributed by atoms with Crippen LogP contribution >= 0.6 is 0 Å². The van der Waals surface area contributed by atoms with Gasteiger partial charge in [0.25, 0.3) is 0 Å². The van der Waals surface area contributed by atoms with Crippen molar-refractivity contribution in [1.82, 2.24) is 0 Å². The van der Waals surface area contributed by atoms with Gasteiger partial charge in [-0.1, -0.05) is 39.8 Å². The molecule has 6 aliphatic rings. The van der Waals surface area contributed by atoms with Crippen LogP contribution in [0.1, 0.15) is 98.8 Å². The van der Waals surface area contributed by atoms with Crippen molar-refractivity contribution in [3.05, 3.63) is 12.2 Å². The highest BCUT2D eigenvalue weighted by Crippen LogP contribution is 2.77. The molecule has 5 saturated carbocycles. The number of fused-ring (bicyclic) bond motifs is 7. The summed E-state index contributed by atoms with van der Waals surface area (Å²) in [7, 11) is 0. The molecule has 5 aliphatic carbocycles. The van der Waals surface area contributed by atoms with Crippen molar-refractivity contribution in [2.45, 2.75) is 136 Å². The average molecular weight is 635 g/mol. The van der Waals surface area contributed by atoms with Gasteiger partial charge in [-0.3, -0.25) is 4.79 Å². The van der Waals surface area contributed by atoms with Crippen molar-refractivity contribution in [1.29, 1.82) is 0 Å². The molecule has 0 spiro atoms. The maximum absolute atomic E-state index is 14.4. The fourth-order valence-corrected chi connectivity index (χ4v) is 12.9. The fraction of sp³-hybridized carbons (Fsp3) is 0.917. The van der Waals surface area contributed by atoms with Crippen molar-refractivity contribution in [2.24, 2.45) is 56.7 Å². The summed E-state index contributed by atoms with van der Waals surface area (Å²) in [6, 6.07) is 0. The summed E-state index contributed by atoms with van der Waals surface area (Å²) in [6.45, 7) is 15.4. The van der Waals surface area contributed by atoms with Crippen LogP contribution < -0.4 is 0 Å². The predicted octanol–water partition coefficient (Wildman–Crippen LogP) is 3.32. The first-order chi connectivity index (χ1) is 21.1. The Kier molecular flexibility index (Phi) is 8.45. The molecular weight excluding hydrogens is 576 g/mol. The van der Waals surface area contributed by atoms with Gasteiger partial charge in [-0.25, -0.2) is 0 Å². The molecule has 9 nitrogen and oxygen atoms in total. The third kappa shape index (κ3) is 4.46. The number of aliphatic hydroxyl groups excluding tert-OH is 6. The molecule has 0 aromatic rings. The number of ether oxygens (including phenoxy) is 2. The van der Waals surface area contributed by atoms with Gasteiger partial charge in [0.1, 0.15) is 24.4 Å². The topological polar surface area (TPSA) is 157 Å². The summed E-state index contributed by atoms with van der Waals surface area (Å²) in [5.41, 5.74) is -0.201. The first-order valence-electron chi connectivity index (χ1n) is 17.5. The molecule has 6 fully saturated rings. The largest absolute Gasteiger partial charge is 0.432 e. The molecule has 0 aromatic heterocycles. The molecule has 1 saturated heterocycles. The first kappa shape index (κ1) is 33.8. The molecule has 9 heteroatoms. The van der Waals surface area contributed by atoms with Crippen LogP contribution in [0.3, 0.4) is 0 Å². The van der Waals surface area contributed by atoms with Crippen LogP contribution in [0, 0.1) is 56.7 Å². The lowest BCUT2D eigenvalue weighted by molar-refractivity contribution is -0.299. The van der Waals surface area contributed by atoms with E-state index >= 15 is 0 Å². The number of esters is 1. The SMILES string of the molecule is C=C(C)C1CCC2(C(=O)O[C@@H]3O[C@H](CO)[C@@H](O)[C@H](O)[C@H]3O)CC[C@]3(C)C(CCC4[C@@]5(C)CCC(O)[C@@](C)(CO)C5CC[C@]43C)C12. The molecule has 0 radical (unpaired) electrons. The Balaban J connectivity index is 1.33. The average Bonchev–Trinajstić information content (AvgIpc) is 3.41. The molecular formula is C36H58O9. The van der Waals surface area contributed by atoms with E-state index in [2.05, 4.69) is 41.2 Å². The quantitative estimate of drug-likeness (QED) is 0.197. The molecule has 6 rings (SSSR count). The fourth-order valence-electron chi connectivity index (χ4n) is 12.9. The molecule has 7 unspecified atom stereocenters. The van der Waals surface area contributed by atoms with E-state index in [1.807, 2.05) is 0 Å².